The Morgan fingerprint density at radius 1 is 1.33 bits per heavy atom. The Kier molecular flexibility index (Phi) is 3.09. The molecule has 0 radical (unpaired) electrons. The van der Waals surface area contributed by atoms with Crippen LogP contribution in [0.25, 0.3) is 0 Å². The van der Waals surface area contributed by atoms with Crippen molar-refractivity contribution in [1.29, 1.82) is 0 Å². The molecule has 1 aromatic carbocycles. The van der Waals surface area contributed by atoms with Gasteiger partial charge in [-0.1, -0.05) is 17.3 Å². The zero-order valence-corrected chi connectivity index (χ0v) is 11.0. The number of benzene rings is 1. The first-order valence-electron chi connectivity index (χ1n) is 6.01. The first kappa shape index (κ1) is 11.7. The van der Waals surface area contributed by atoms with Crippen LogP contribution in [0.15, 0.2) is 33.7 Å². The van der Waals surface area contributed by atoms with Crippen LogP contribution in [0.5, 0.6) is 0 Å². The Labute approximate surface area is 110 Å². The van der Waals surface area contributed by atoms with Gasteiger partial charge in [0.1, 0.15) is 0 Å². The molecular weight excluding hydrogens is 246 g/mol. The molecule has 5 heteroatoms. The van der Waals surface area contributed by atoms with Crippen molar-refractivity contribution >= 4 is 11.8 Å². The number of rotatable bonds is 4. The molecule has 1 unspecified atom stereocenters. The maximum Gasteiger partial charge on any atom is 0.229 e. The normalized spacial score (nSPS) is 16.8. The summed E-state index contributed by atoms with van der Waals surface area (Å²) < 4.78 is 5.23. The van der Waals surface area contributed by atoms with Crippen LogP contribution in [0.1, 0.15) is 42.1 Å². The average Bonchev–Trinajstić information content (AvgIpc) is 3.16. The van der Waals surface area contributed by atoms with Gasteiger partial charge in [0.05, 0.1) is 6.04 Å². The molecule has 1 aromatic heterocycles. The minimum atomic E-state index is -0.308. The van der Waals surface area contributed by atoms with Gasteiger partial charge in [-0.25, -0.2) is 0 Å². The molecule has 1 aliphatic carbocycles. The molecule has 1 aliphatic rings. The lowest BCUT2D eigenvalue weighted by Gasteiger charge is -2.07. The third-order valence-corrected chi connectivity index (χ3v) is 3.88. The van der Waals surface area contributed by atoms with Crippen LogP contribution < -0.4 is 5.73 Å². The monoisotopic (exact) mass is 261 g/mol. The van der Waals surface area contributed by atoms with Gasteiger partial charge in [-0.15, -0.1) is 11.8 Å². The SMILES string of the molecule is CSc1ccc(C(N)c2noc(C3CC3)n2)cc1. The van der Waals surface area contributed by atoms with E-state index in [4.69, 9.17) is 10.3 Å². The lowest BCUT2D eigenvalue weighted by molar-refractivity contribution is 0.372. The predicted octanol–water partition coefficient (Wildman–Crippen LogP) is 2.72. The van der Waals surface area contributed by atoms with E-state index >= 15 is 0 Å². The van der Waals surface area contributed by atoms with E-state index in [2.05, 4.69) is 28.5 Å². The molecule has 3 rings (SSSR count). The molecule has 94 valence electrons. The highest BCUT2D eigenvalue weighted by molar-refractivity contribution is 7.98. The fraction of sp³-hybridized carbons (Fsp3) is 0.385. The van der Waals surface area contributed by atoms with Crippen LogP contribution in [0.4, 0.5) is 0 Å². The summed E-state index contributed by atoms with van der Waals surface area (Å²) in [5.41, 5.74) is 7.16. The highest BCUT2D eigenvalue weighted by Crippen LogP contribution is 2.39. The third kappa shape index (κ3) is 2.28. The molecule has 1 atom stereocenters. The van der Waals surface area contributed by atoms with Crippen LogP contribution in [-0.4, -0.2) is 16.4 Å². The number of nitrogens with two attached hydrogens (primary N) is 1. The number of nitrogens with zero attached hydrogens (tertiary/aromatic N) is 2. The summed E-state index contributed by atoms with van der Waals surface area (Å²) in [7, 11) is 0. The van der Waals surface area contributed by atoms with Crippen molar-refractivity contribution in [2.24, 2.45) is 5.73 Å². The molecule has 1 heterocycles. The van der Waals surface area contributed by atoms with Crippen LogP contribution >= 0.6 is 11.8 Å². The number of aromatic nitrogens is 2. The van der Waals surface area contributed by atoms with Crippen molar-refractivity contribution in [2.75, 3.05) is 6.26 Å². The molecule has 1 saturated carbocycles. The lowest BCUT2D eigenvalue weighted by Crippen LogP contribution is -2.13. The van der Waals surface area contributed by atoms with E-state index in [1.807, 2.05) is 12.1 Å². The zero-order chi connectivity index (χ0) is 12.5. The van der Waals surface area contributed by atoms with Crippen molar-refractivity contribution in [3.05, 3.63) is 41.5 Å². The first-order valence-corrected chi connectivity index (χ1v) is 7.23. The second-order valence-corrected chi connectivity index (χ2v) is 5.40. The minimum absolute atomic E-state index is 0.308. The van der Waals surface area contributed by atoms with Gasteiger partial charge in [0, 0.05) is 10.8 Å². The van der Waals surface area contributed by atoms with Gasteiger partial charge in [-0.2, -0.15) is 4.98 Å². The van der Waals surface area contributed by atoms with E-state index in [9.17, 15) is 0 Å². The molecule has 4 nitrogen and oxygen atoms in total. The molecule has 0 spiro atoms. The fourth-order valence-corrected chi connectivity index (χ4v) is 2.24. The van der Waals surface area contributed by atoms with Crippen LogP contribution in [0.3, 0.4) is 0 Å². The third-order valence-electron chi connectivity index (χ3n) is 3.14. The topological polar surface area (TPSA) is 64.9 Å². The van der Waals surface area contributed by atoms with E-state index in [-0.39, 0.29) is 6.04 Å². The van der Waals surface area contributed by atoms with Crippen molar-refractivity contribution in [2.45, 2.75) is 29.7 Å². The molecule has 2 aromatic rings. The highest BCUT2D eigenvalue weighted by Gasteiger charge is 2.30. The molecular formula is C13H15N3OS. The maximum atomic E-state index is 6.15. The molecule has 0 bridgehead atoms. The summed E-state index contributed by atoms with van der Waals surface area (Å²) in [6.07, 6.45) is 4.36. The van der Waals surface area contributed by atoms with Gasteiger partial charge in [0.2, 0.25) is 5.89 Å². The highest BCUT2D eigenvalue weighted by atomic mass is 32.2. The number of hydrogen-bond acceptors (Lipinski definition) is 5. The molecule has 0 aliphatic heterocycles. The fourth-order valence-electron chi connectivity index (χ4n) is 1.83. The molecule has 18 heavy (non-hydrogen) atoms. The predicted molar refractivity (Wildman–Crippen MR) is 70.5 cm³/mol. The Balaban J connectivity index is 1.80. The number of thioether (sulfide) groups is 1. The molecule has 2 N–H and O–H groups in total. The van der Waals surface area contributed by atoms with Gasteiger partial charge in [-0.3, -0.25) is 0 Å². The molecule has 1 fully saturated rings. The molecule has 0 saturated heterocycles. The van der Waals surface area contributed by atoms with Gasteiger partial charge in [-0.05, 0) is 36.8 Å². The van der Waals surface area contributed by atoms with E-state index in [0.29, 0.717) is 11.7 Å². The van der Waals surface area contributed by atoms with Crippen LogP contribution in [0.2, 0.25) is 0 Å². The Hall–Kier alpha value is -1.33. The summed E-state index contributed by atoms with van der Waals surface area (Å²) in [5.74, 6) is 1.78. The van der Waals surface area contributed by atoms with Gasteiger partial charge < -0.3 is 10.3 Å². The second-order valence-electron chi connectivity index (χ2n) is 4.52. The zero-order valence-electron chi connectivity index (χ0n) is 10.2. The standard InChI is InChI=1S/C13H15N3OS/c1-18-10-6-4-8(5-7-10)11(14)12-15-13(17-16-12)9-2-3-9/h4-7,9,11H,2-3,14H2,1H3. The quantitative estimate of drug-likeness (QED) is 0.857. The smallest absolute Gasteiger partial charge is 0.229 e. The van der Waals surface area contributed by atoms with E-state index in [1.165, 1.54) is 4.90 Å². The Bertz CT molecular complexity index is 533. The van der Waals surface area contributed by atoms with Crippen molar-refractivity contribution < 1.29 is 4.52 Å². The van der Waals surface area contributed by atoms with E-state index in [0.717, 1.165) is 24.3 Å². The van der Waals surface area contributed by atoms with Crippen LogP contribution in [-0.2, 0) is 0 Å². The first-order chi connectivity index (χ1) is 8.78. The summed E-state index contributed by atoms with van der Waals surface area (Å²) in [6, 6.07) is 7.84. The van der Waals surface area contributed by atoms with Crippen molar-refractivity contribution in [3.63, 3.8) is 0 Å². The van der Waals surface area contributed by atoms with E-state index in [1.54, 1.807) is 11.8 Å². The summed E-state index contributed by atoms with van der Waals surface area (Å²) in [4.78, 5) is 5.60. The van der Waals surface area contributed by atoms with Gasteiger partial charge >= 0.3 is 0 Å². The minimum Gasteiger partial charge on any atom is -0.339 e. The Morgan fingerprint density at radius 2 is 2.06 bits per heavy atom. The largest absolute Gasteiger partial charge is 0.339 e. The number of hydrogen-bond donors (Lipinski definition) is 1. The van der Waals surface area contributed by atoms with Crippen molar-refractivity contribution in [3.8, 4) is 0 Å². The lowest BCUT2D eigenvalue weighted by atomic mass is 10.1. The average molecular weight is 261 g/mol. The summed E-state index contributed by atoms with van der Waals surface area (Å²) >= 11 is 1.71. The summed E-state index contributed by atoms with van der Waals surface area (Å²) in [5, 5.41) is 3.98. The van der Waals surface area contributed by atoms with Gasteiger partial charge in [0.25, 0.3) is 0 Å². The Morgan fingerprint density at radius 3 is 2.67 bits per heavy atom. The van der Waals surface area contributed by atoms with Crippen molar-refractivity contribution in [1.82, 2.24) is 10.1 Å². The summed E-state index contributed by atoms with van der Waals surface area (Å²) in [6.45, 7) is 0. The molecule has 0 amide bonds. The van der Waals surface area contributed by atoms with E-state index < -0.39 is 0 Å². The van der Waals surface area contributed by atoms with Crippen LogP contribution in [0, 0.1) is 0 Å². The second kappa shape index (κ2) is 4.74. The maximum absolute atomic E-state index is 6.15. The van der Waals surface area contributed by atoms with Gasteiger partial charge in [0.15, 0.2) is 5.82 Å².